The van der Waals surface area contributed by atoms with Gasteiger partial charge in [0.15, 0.2) is 0 Å². The lowest BCUT2D eigenvalue weighted by Crippen LogP contribution is -2.38. The molecule has 10 heteroatoms. The second kappa shape index (κ2) is 10.3. The quantitative estimate of drug-likeness (QED) is 0.580. The minimum absolute atomic E-state index is 0.296. The maximum Gasteiger partial charge on any atom is 0.573 e. The van der Waals surface area contributed by atoms with Crippen LogP contribution in [-0.4, -0.2) is 46.6 Å². The van der Waals surface area contributed by atoms with Crippen molar-refractivity contribution in [2.24, 2.45) is 14.1 Å². The minimum Gasteiger partial charge on any atom is -0.492 e. The molecule has 0 amide bonds. The summed E-state index contributed by atoms with van der Waals surface area (Å²) in [5.74, 6) is 0.158. The molecule has 166 valence electrons. The van der Waals surface area contributed by atoms with Crippen molar-refractivity contribution >= 4 is 0 Å². The fourth-order valence-electron chi connectivity index (χ4n) is 2.96. The lowest BCUT2D eigenvalue weighted by atomic mass is 10.2. The van der Waals surface area contributed by atoms with E-state index in [1.54, 1.807) is 7.05 Å². The van der Waals surface area contributed by atoms with Gasteiger partial charge < -0.3 is 18.9 Å². The molecular formula is C20H26F3N3O4. The van der Waals surface area contributed by atoms with Crippen LogP contribution >= 0.6 is 0 Å². The van der Waals surface area contributed by atoms with Gasteiger partial charge in [0.05, 0.1) is 0 Å². The van der Waals surface area contributed by atoms with Crippen LogP contribution in [0, 0.1) is 0 Å². The predicted octanol–water partition coefficient (Wildman–Crippen LogP) is 2.32. The molecule has 0 saturated carbocycles. The van der Waals surface area contributed by atoms with Crippen LogP contribution in [0.1, 0.15) is 19.0 Å². The smallest absolute Gasteiger partial charge is 0.492 e. The molecule has 30 heavy (non-hydrogen) atoms. The van der Waals surface area contributed by atoms with Crippen molar-refractivity contribution in [3.8, 4) is 11.5 Å². The number of rotatable bonds is 10. The van der Waals surface area contributed by atoms with Crippen LogP contribution in [0.25, 0.3) is 0 Å². The van der Waals surface area contributed by atoms with Crippen molar-refractivity contribution in [3.05, 3.63) is 56.9 Å². The van der Waals surface area contributed by atoms with Crippen LogP contribution < -0.4 is 20.7 Å². The normalized spacial score (nSPS) is 11.7. The van der Waals surface area contributed by atoms with E-state index in [9.17, 15) is 22.8 Å². The Morgan fingerprint density at radius 3 is 2.23 bits per heavy atom. The number of hydrogen-bond acceptors (Lipinski definition) is 5. The van der Waals surface area contributed by atoms with Gasteiger partial charge >= 0.3 is 12.1 Å². The number of aromatic nitrogens is 2. The van der Waals surface area contributed by atoms with Crippen molar-refractivity contribution < 1.29 is 22.6 Å². The lowest BCUT2D eigenvalue weighted by molar-refractivity contribution is -0.274. The molecule has 7 nitrogen and oxygen atoms in total. The summed E-state index contributed by atoms with van der Waals surface area (Å²) in [7, 11) is 3.09. The van der Waals surface area contributed by atoms with E-state index >= 15 is 0 Å². The molecule has 0 aliphatic carbocycles. The molecule has 0 radical (unpaired) electrons. The molecule has 2 rings (SSSR count). The van der Waals surface area contributed by atoms with Crippen LogP contribution in [-0.2, 0) is 20.5 Å². The third-order valence-electron chi connectivity index (χ3n) is 4.71. The van der Waals surface area contributed by atoms with Gasteiger partial charge in [0.25, 0.3) is 5.56 Å². The number of benzene rings is 1. The monoisotopic (exact) mass is 429 g/mol. The molecular weight excluding hydrogens is 403 g/mol. The number of likely N-dealkylation sites (N-methyl/N-ethyl adjacent to an activating group) is 1. The summed E-state index contributed by atoms with van der Waals surface area (Å²) in [5.41, 5.74) is 0.0296. The van der Waals surface area contributed by atoms with Crippen molar-refractivity contribution in [3.63, 3.8) is 0 Å². The molecule has 0 saturated heterocycles. The van der Waals surface area contributed by atoms with Crippen LogP contribution in [0.5, 0.6) is 11.5 Å². The zero-order chi connectivity index (χ0) is 22.3. The summed E-state index contributed by atoms with van der Waals surface area (Å²) in [4.78, 5) is 25.9. The van der Waals surface area contributed by atoms with Gasteiger partial charge in [-0.1, -0.05) is 6.92 Å². The number of nitrogens with zero attached hydrogens (tertiary/aromatic N) is 3. The van der Waals surface area contributed by atoms with E-state index in [4.69, 9.17) is 4.74 Å². The lowest BCUT2D eigenvalue weighted by Gasteiger charge is -2.21. The van der Waals surface area contributed by atoms with E-state index in [1.165, 1.54) is 41.9 Å². The van der Waals surface area contributed by atoms with Crippen LogP contribution in [0.15, 0.2) is 39.9 Å². The maximum absolute atomic E-state index is 12.2. The van der Waals surface area contributed by atoms with Gasteiger partial charge in [0, 0.05) is 32.4 Å². The largest absolute Gasteiger partial charge is 0.573 e. The molecule has 0 unspecified atom stereocenters. The second-order valence-electron chi connectivity index (χ2n) is 6.78. The molecule has 2 aromatic rings. The molecule has 0 fully saturated rings. The zero-order valence-electron chi connectivity index (χ0n) is 17.2. The van der Waals surface area contributed by atoms with Gasteiger partial charge in [-0.2, -0.15) is 0 Å². The molecule has 1 aromatic heterocycles. The predicted molar refractivity (Wildman–Crippen MR) is 106 cm³/mol. The molecule has 1 heterocycles. The number of alkyl halides is 3. The first-order chi connectivity index (χ1) is 14.1. The Hall–Kier alpha value is -2.75. The van der Waals surface area contributed by atoms with E-state index in [1.807, 2.05) is 6.92 Å². The topological polar surface area (TPSA) is 65.7 Å². The first-order valence-electron chi connectivity index (χ1n) is 9.57. The van der Waals surface area contributed by atoms with Crippen LogP contribution in [0.4, 0.5) is 13.2 Å². The zero-order valence-corrected chi connectivity index (χ0v) is 17.2. The van der Waals surface area contributed by atoms with Crippen molar-refractivity contribution in [2.45, 2.75) is 26.1 Å². The summed E-state index contributed by atoms with van der Waals surface area (Å²) in [5, 5.41) is 0. The van der Waals surface area contributed by atoms with Gasteiger partial charge in [-0.3, -0.25) is 9.36 Å². The van der Waals surface area contributed by atoms with E-state index in [-0.39, 0.29) is 17.0 Å². The first-order valence-corrected chi connectivity index (χ1v) is 9.57. The average molecular weight is 429 g/mol. The molecule has 1 aromatic carbocycles. The highest BCUT2D eigenvalue weighted by Crippen LogP contribution is 2.24. The number of ether oxygens (including phenoxy) is 2. The fraction of sp³-hybridized carbons (Fsp3) is 0.500. The Kier molecular flexibility index (Phi) is 8.10. The van der Waals surface area contributed by atoms with Crippen molar-refractivity contribution in [1.82, 2.24) is 14.0 Å². The highest BCUT2D eigenvalue weighted by Gasteiger charge is 2.30. The SMILES string of the molecule is CCN(CCCc1cc(=O)n(C)c(=O)n1C)CCOc1ccc(OC(F)(F)F)cc1. The highest BCUT2D eigenvalue weighted by atomic mass is 19.4. The molecule has 0 aliphatic rings. The van der Waals surface area contributed by atoms with E-state index in [0.717, 1.165) is 24.1 Å². The Labute approximate surface area is 172 Å². The highest BCUT2D eigenvalue weighted by molar-refractivity contribution is 5.31. The van der Waals surface area contributed by atoms with Gasteiger partial charge in [-0.25, -0.2) is 4.79 Å². The van der Waals surface area contributed by atoms with Gasteiger partial charge in [-0.15, -0.1) is 13.2 Å². The van der Waals surface area contributed by atoms with Gasteiger partial charge in [0.1, 0.15) is 18.1 Å². The molecule has 0 atom stereocenters. The standard InChI is InChI=1S/C20H26F3N3O4/c1-4-26(11-5-6-15-14-18(27)25(3)19(28)24(15)2)12-13-29-16-7-9-17(10-8-16)30-20(21,22)23/h7-10,14H,4-6,11-13H2,1-3H3. The summed E-state index contributed by atoms with van der Waals surface area (Å²) >= 11 is 0. The summed E-state index contributed by atoms with van der Waals surface area (Å²) in [6.45, 7) is 4.56. The Morgan fingerprint density at radius 1 is 1.00 bits per heavy atom. The summed E-state index contributed by atoms with van der Waals surface area (Å²) in [6, 6.07) is 6.73. The van der Waals surface area contributed by atoms with E-state index < -0.39 is 6.36 Å². The first kappa shape index (κ1) is 23.5. The van der Waals surface area contributed by atoms with E-state index in [0.29, 0.717) is 31.0 Å². The molecule has 0 spiro atoms. The summed E-state index contributed by atoms with van der Waals surface area (Å²) in [6.07, 6.45) is -3.36. The van der Waals surface area contributed by atoms with Crippen molar-refractivity contribution in [1.29, 1.82) is 0 Å². The maximum atomic E-state index is 12.2. The third kappa shape index (κ3) is 6.94. The van der Waals surface area contributed by atoms with Crippen LogP contribution in [0.3, 0.4) is 0 Å². The number of halogens is 3. The Bertz CT molecular complexity index is 936. The van der Waals surface area contributed by atoms with Gasteiger partial charge in [-0.05, 0) is 50.2 Å². The molecule has 0 N–H and O–H groups in total. The molecule has 0 bridgehead atoms. The fourth-order valence-corrected chi connectivity index (χ4v) is 2.96. The minimum atomic E-state index is -4.72. The van der Waals surface area contributed by atoms with Gasteiger partial charge in [0.2, 0.25) is 0 Å². The third-order valence-corrected chi connectivity index (χ3v) is 4.71. The number of hydrogen-bond donors (Lipinski definition) is 0. The summed E-state index contributed by atoms with van der Waals surface area (Å²) < 4.78 is 48.5. The van der Waals surface area contributed by atoms with Crippen molar-refractivity contribution in [2.75, 3.05) is 26.2 Å². The van der Waals surface area contributed by atoms with E-state index in [2.05, 4.69) is 9.64 Å². The average Bonchev–Trinajstić information content (AvgIpc) is 2.69. The van der Waals surface area contributed by atoms with Crippen LogP contribution in [0.2, 0.25) is 0 Å². The number of aryl methyl sites for hydroxylation is 1. The Morgan fingerprint density at radius 2 is 1.63 bits per heavy atom. The second-order valence-corrected chi connectivity index (χ2v) is 6.78. The Balaban J connectivity index is 1.79. The molecule has 0 aliphatic heterocycles.